The average Bonchev–Trinajstić information content (AvgIpc) is 3.46. The van der Waals surface area contributed by atoms with Crippen molar-refractivity contribution in [3.05, 3.63) is 146 Å². The Hall–Kier alpha value is -5.59. The van der Waals surface area contributed by atoms with Crippen LogP contribution < -0.4 is 16.9 Å². The van der Waals surface area contributed by atoms with E-state index in [-0.39, 0.29) is 67.2 Å². The fourth-order valence-corrected chi connectivity index (χ4v) is 4.49. The Morgan fingerprint density at radius 3 is 1.42 bits per heavy atom. The number of hydrogen-bond acceptors (Lipinski definition) is 9. The molecule has 0 saturated carbocycles. The number of halogens is 1. The van der Waals surface area contributed by atoms with E-state index in [4.69, 9.17) is 38.8 Å². The van der Waals surface area contributed by atoms with Gasteiger partial charge in [0.1, 0.15) is 21.8 Å². The molecule has 1 aliphatic rings. The lowest BCUT2D eigenvalue weighted by Crippen LogP contribution is -2.20. The van der Waals surface area contributed by atoms with Crippen LogP contribution in [-0.4, -0.2) is 47.1 Å². The van der Waals surface area contributed by atoms with Gasteiger partial charge in [-0.3, -0.25) is 38.8 Å². The summed E-state index contributed by atoms with van der Waals surface area (Å²) in [5, 5.41) is 21.3. The van der Waals surface area contributed by atoms with E-state index in [0.717, 1.165) is 22.8 Å². The zero-order chi connectivity index (χ0) is 37.4. The first-order valence-electron chi connectivity index (χ1n) is 14.7. The molecule has 5 aromatic rings. The molecule has 0 saturated heterocycles. The number of ketones is 1. The van der Waals surface area contributed by atoms with Gasteiger partial charge in [-0.25, -0.2) is 14.4 Å². The van der Waals surface area contributed by atoms with Crippen LogP contribution in [0, 0.1) is 13.8 Å². The maximum Gasteiger partial charge on any atom is 0.297 e. The molecule has 0 bridgehead atoms. The summed E-state index contributed by atoms with van der Waals surface area (Å²) in [6.45, 7) is 3.68. The van der Waals surface area contributed by atoms with E-state index >= 15 is 0 Å². The highest BCUT2D eigenvalue weighted by molar-refractivity contribution is 7.00. The molecule has 3 aromatic carbocycles. The Labute approximate surface area is 334 Å². The second-order valence-corrected chi connectivity index (χ2v) is 10.4. The molecule has 0 atom stereocenters. The highest BCUT2D eigenvalue weighted by Gasteiger charge is 2.16. The molecule has 5 N–H and O–H groups in total. The number of nitrogen functional groups attached to an aromatic ring is 1. The van der Waals surface area contributed by atoms with Crippen molar-refractivity contribution in [2.75, 3.05) is 5.73 Å². The van der Waals surface area contributed by atoms with Gasteiger partial charge in [-0.05, 0) is 86.7 Å². The number of nitrogens with two attached hydrogens (primary N) is 1. The van der Waals surface area contributed by atoms with Gasteiger partial charge in [-0.15, -0.1) is 0 Å². The molecule has 15 heteroatoms. The van der Waals surface area contributed by atoms with Crippen molar-refractivity contribution in [2.24, 2.45) is 19.1 Å². The minimum atomic E-state index is -0.583. The summed E-state index contributed by atoms with van der Waals surface area (Å²) >= 11 is 5.50. The third kappa shape index (κ3) is 15.4. The molecule has 13 nitrogen and oxygen atoms in total. The smallest absolute Gasteiger partial charge is 0.297 e. The molecular formula is C40H60ClN6O7P. The number of aromatic nitrogens is 4. The van der Waals surface area contributed by atoms with Crippen molar-refractivity contribution in [2.45, 2.75) is 58.4 Å². The predicted octanol–water partition coefficient (Wildman–Crippen LogP) is 9.67. The number of phenolic OH excluding ortho intramolecular Hbond substituents is 1. The fraction of sp³-hybridized carbons (Fsp3) is 0.250. The van der Waals surface area contributed by atoms with Crippen molar-refractivity contribution in [1.82, 2.24) is 18.7 Å². The van der Waals surface area contributed by atoms with Crippen LogP contribution in [0.5, 0.6) is 5.75 Å². The Bertz CT molecular complexity index is 2050. The molecule has 304 valence electrons. The van der Waals surface area contributed by atoms with Gasteiger partial charge in [0.25, 0.3) is 11.1 Å². The van der Waals surface area contributed by atoms with Crippen LogP contribution in [0.2, 0.25) is 5.02 Å². The maximum atomic E-state index is 12.7. The zero-order valence-electron chi connectivity index (χ0n) is 28.0. The molecule has 0 radical (unpaired) electrons. The highest BCUT2D eigenvalue weighted by Crippen LogP contribution is 2.18. The Kier molecular flexibility index (Phi) is 29.5. The van der Waals surface area contributed by atoms with Crippen molar-refractivity contribution >= 4 is 43.5 Å². The minimum absolute atomic E-state index is 0. The van der Waals surface area contributed by atoms with Gasteiger partial charge in [-0.2, -0.15) is 0 Å². The number of benzene rings is 3. The van der Waals surface area contributed by atoms with Gasteiger partial charge in [0, 0.05) is 19.1 Å². The van der Waals surface area contributed by atoms with E-state index in [9.17, 15) is 14.4 Å². The maximum absolute atomic E-state index is 12.7. The van der Waals surface area contributed by atoms with Gasteiger partial charge in [0.2, 0.25) is 0 Å². The van der Waals surface area contributed by atoms with Gasteiger partial charge in [0.05, 0.1) is 28.5 Å². The molecule has 0 aliphatic heterocycles. The summed E-state index contributed by atoms with van der Waals surface area (Å²) < 4.78 is 20.9. The van der Waals surface area contributed by atoms with E-state index in [0.29, 0.717) is 22.1 Å². The number of carbonyl (C=O) groups excluding carboxylic acids is 1. The van der Waals surface area contributed by atoms with Gasteiger partial charge in [0.15, 0.2) is 11.5 Å². The van der Waals surface area contributed by atoms with E-state index in [2.05, 4.69) is 4.99 Å². The first-order valence-corrected chi connectivity index (χ1v) is 15.0. The van der Waals surface area contributed by atoms with E-state index < -0.39 is 9.06 Å². The summed E-state index contributed by atoms with van der Waals surface area (Å²) in [6, 6.07) is 25.2. The van der Waals surface area contributed by atoms with Crippen LogP contribution in [-0.2, 0) is 23.5 Å². The quantitative estimate of drug-likeness (QED) is 0.0601. The number of aromatic hydroxyl groups is 1. The monoisotopic (exact) mass is 803 g/mol. The number of para-hydroxylation sites is 2. The number of carbonyl (C=O) groups is 1. The second-order valence-electron chi connectivity index (χ2n) is 9.97. The molecule has 0 unspecified atom stereocenters. The summed E-state index contributed by atoms with van der Waals surface area (Å²) in [6.07, 6.45) is 6.10. The molecule has 0 spiro atoms. The van der Waals surface area contributed by atoms with Crippen molar-refractivity contribution in [3.63, 3.8) is 0 Å². The van der Waals surface area contributed by atoms with Crippen LogP contribution in [0.4, 0.5) is 11.4 Å². The molecule has 55 heavy (non-hydrogen) atoms. The molecule has 6 rings (SSSR count). The number of anilines is 1. The summed E-state index contributed by atoms with van der Waals surface area (Å²) in [5.74, 6) is 0.167. The molecule has 2 aromatic heterocycles. The topological polar surface area (TPSA) is 187 Å². The lowest BCUT2D eigenvalue weighted by atomic mass is 10.1. The Balaban J connectivity index is -0.000000224. The number of aliphatic imine (C=N–C) groups is 1. The Morgan fingerprint density at radius 2 is 1.05 bits per heavy atom. The number of phenols is 1. The number of hydrogen-bond donors (Lipinski definition) is 4. The number of rotatable bonds is 3. The first kappa shape index (κ1) is 56.2. The fourth-order valence-electron chi connectivity index (χ4n) is 4.36. The third-order valence-corrected chi connectivity index (χ3v) is 7.28. The first-order chi connectivity index (χ1) is 23.9. The minimum Gasteiger partial charge on any atom is -0.508 e. The lowest BCUT2D eigenvalue weighted by molar-refractivity contribution is -0.176. The average molecular weight is 804 g/mol. The number of nitrogens with zero attached hydrogens (tertiary/aromatic N) is 5. The van der Waals surface area contributed by atoms with E-state index in [1.165, 1.54) is 12.2 Å². The standard InChI is InChI=1S/C17H15N3O2.C11H13N3O.C6H5ClO.6CH4.H2O2.HOP/c1-12-16(18-13-8-10-15(21)11-9-13)17(22)20(19(12)2)14-6-4-3-5-7-14;1-8-10(12)11(15)14(13(8)2)9-6-4-3-5-7-9;7-5-1-3-6(8)4-2-5;;;;;;;2*1-2/h3-11H,1-2H3;3-7H,12H2,1-2H3;1-4,8H;6*1H4;1-2H;2H/i;;;;;;;;;;2D. The zero-order valence-corrected chi connectivity index (χ0v) is 28.7. The van der Waals surface area contributed by atoms with Gasteiger partial charge >= 0.3 is 0 Å². The Morgan fingerprint density at radius 1 is 0.673 bits per heavy atom. The van der Waals surface area contributed by atoms with Gasteiger partial charge < -0.3 is 10.8 Å². The van der Waals surface area contributed by atoms with Crippen LogP contribution in [0.1, 0.15) is 55.9 Å². The van der Waals surface area contributed by atoms with Gasteiger partial charge in [-0.1, -0.05) is 92.6 Å². The SMILES string of the molecule is C.C.C.C.C.C.Cc1c(N)c(=O)n(-c2ccccc2)n1C.Cc1c(N=C2C=CC(=O)C=C2)c(=O)n(-c2ccccc2)n1C.OO.Oc1ccc(Cl)cc1.[2H]P=O. The summed E-state index contributed by atoms with van der Waals surface area (Å²) in [7, 11) is 3.06. The second kappa shape index (κ2) is 28.9. The van der Waals surface area contributed by atoms with Crippen LogP contribution in [0.15, 0.2) is 124 Å². The molecule has 0 fully saturated rings. The summed E-state index contributed by atoms with van der Waals surface area (Å²) in [4.78, 5) is 40.0. The van der Waals surface area contributed by atoms with E-state index in [1.54, 1.807) is 55.1 Å². The molecule has 1 aliphatic carbocycles. The lowest BCUT2D eigenvalue weighted by Gasteiger charge is -2.07. The van der Waals surface area contributed by atoms with Crippen molar-refractivity contribution in [3.8, 4) is 17.1 Å². The number of allylic oxidation sites excluding steroid dienone is 4. The van der Waals surface area contributed by atoms with Crippen LogP contribution in [0.3, 0.4) is 0 Å². The summed E-state index contributed by atoms with van der Waals surface area (Å²) in [5.41, 5.74) is 9.77. The predicted molar refractivity (Wildman–Crippen MR) is 234 cm³/mol. The molecule has 0 amide bonds. The highest BCUT2D eigenvalue weighted by atomic mass is 35.5. The normalized spacial score (nSPS) is 10.2. The molecular weight excluding hydrogens is 743 g/mol. The molecule has 2 heterocycles. The van der Waals surface area contributed by atoms with E-state index in [1.807, 2.05) is 88.6 Å². The van der Waals surface area contributed by atoms with Crippen LogP contribution in [0.25, 0.3) is 11.4 Å². The van der Waals surface area contributed by atoms with Crippen LogP contribution >= 0.6 is 20.7 Å². The third-order valence-electron chi connectivity index (χ3n) is 7.03. The largest absolute Gasteiger partial charge is 0.508 e. The van der Waals surface area contributed by atoms with Crippen molar-refractivity contribution in [1.29, 1.82) is 1.28 Å². The van der Waals surface area contributed by atoms with Crippen molar-refractivity contribution < 1.29 is 25.0 Å².